The van der Waals surface area contributed by atoms with Crippen LogP contribution in [0.5, 0.6) is 0 Å². The summed E-state index contributed by atoms with van der Waals surface area (Å²) in [6.45, 7) is 0.485. The van der Waals surface area contributed by atoms with Crippen LogP contribution < -0.4 is 0 Å². The van der Waals surface area contributed by atoms with Crippen LogP contribution in [0, 0.1) is 17.8 Å². The summed E-state index contributed by atoms with van der Waals surface area (Å²) in [5, 5.41) is 4.03. The maximum Gasteiger partial charge on any atom is 0.414 e. The fourth-order valence-electron chi connectivity index (χ4n) is 2.44. The minimum Gasteiger partial charge on any atom is -0.364 e. The summed E-state index contributed by atoms with van der Waals surface area (Å²) in [7, 11) is 0. The molecule has 0 aliphatic heterocycles. The van der Waals surface area contributed by atoms with E-state index in [0.29, 0.717) is 16.9 Å². The molecule has 27 heavy (non-hydrogen) atoms. The summed E-state index contributed by atoms with van der Waals surface area (Å²) in [5.74, 6) is -1.04. The normalized spacial score (nSPS) is 13.0. The minimum absolute atomic E-state index is 0.243. The molecule has 3 rings (SSSR count). The number of hydrogen-bond acceptors (Lipinski definition) is 2. The Hall–Kier alpha value is -2.74. The Morgan fingerprint density at radius 1 is 1.07 bits per heavy atom. The van der Waals surface area contributed by atoms with Crippen molar-refractivity contribution < 1.29 is 26.7 Å². The number of alkyl halides is 3. The van der Waals surface area contributed by atoms with E-state index >= 15 is 0 Å². The van der Waals surface area contributed by atoms with Gasteiger partial charge in [0.1, 0.15) is 17.8 Å². The number of hydrogen-bond donors (Lipinski definition) is 0. The van der Waals surface area contributed by atoms with Crippen molar-refractivity contribution in [2.75, 3.05) is 0 Å². The molecule has 1 radical (unpaired) electrons. The quantitative estimate of drug-likeness (QED) is 0.576. The first kappa shape index (κ1) is 19.0. The van der Waals surface area contributed by atoms with E-state index in [0.717, 1.165) is 13.0 Å². The molecule has 1 aromatic heterocycles. The lowest BCUT2D eigenvalue weighted by atomic mass is 10.1. The second kappa shape index (κ2) is 7.48. The Morgan fingerprint density at radius 3 is 2.44 bits per heavy atom. The average Bonchev–Trinajstić information content (AvgIpc) is 3.08. The first-order valence-electron chi connectivity index (χ1n) is 7.94. The van der Waals surface area contributed by atoms with Crippen LogP contribution in [0.1, 0.15) is 12.5 Å². The molecule has 0 spiro atoms. The zero-order valence-corrected chi connectivity index (χ0v) is 14.1. The van der Waals surface area contributed by atoms with Gasteiger partial charge in [-0.1, -0.05) is 0 Å². The average molecular weight is 381 g/mol. The number of ether oxygens (including phenoxy) is 1. The lowest BCUT2D eigenvalue weighted by Gasteiger charge is -2.16. The molecule has 0 aliphatic rings. The molecule has 3 aromatic rings. The van der Waals surface area contributed by atoms with Gasteiger partial charge in [0, 0.05) is 5.56 Å². The molecule has 0 unspecified atom stereocenters. The maximum absolute atomic E-state index is 14.0. The van der Waals surface area contributed by atoms with Crippen molar-refractivity contribution in [3.8, 4) is 16.9 Å². The largest absolute Gasteiger partial charge is 0.414 e. The Labute approximate surface area is 152 Å². The van der Waals surface area contributed by atoms with Gasteiger partial charge in [-0.2, -0.15) is 18.3 Å². The zero-order chi connectivity index (χ0) is 19.6. The second-order valence-corrected chi connectivity index (χ2v) is 5.89. The summed E-state index contributed by atoms with van der Waals surface area (Å²) in [5.41, 5.74) is 1.60. The monoisotopic (exact) mass is 381 g/mol. The van der Waals surface area contributed by atoms with Crippen LogP contribution in [0.2, 0.25) is 0 Å². The highest BCUT2D eigenvalue weighted by Gasteiger charge is 2.36. The van der Waals surface area contributed by atoms with Crippen LogP contribution in [0.15, 0.2) is 48.5 Å². The van der Waals surface area contributed by atoms with E-state index in [1.54, 1.807) is 0 Å². The van der Waals surface area contributed by atoms with E-state index in [9.17, 15) is 22.0 Å². The summed E-state index contributed by atoms with van der Waals surface area (Å²) >= 11 is 0. The van der Waals surface area contributed by atoms with Crippen molar-refractivity contribution in [3.63, 3.8) is 0 Å². The van der Waals surface area contributed by atoms with Crippen molar-refractivity contribution in [2.24, 2.45) is 0 Å². The Bertz CT molecular complexity index is 919. The van der Waals surface area contributed by atoms with Crippen molar-refractivity contribution in [1.29, 1.82) is 0 Å². The summed E-state index contributed by atoms with van der Waals surface area (Å²) in [6.07, 6.45) is -3.83. The third-order valence-corrected chi connectivity index (χ3v) is 3.87. The lowest BCUT2D eigenvalue weighted by Crippen LogP contribution is -2.28. The van der Waals surface area contributed by atoms with Crippen molar-refractivity contribution >= 4 is 0 Å². The molecule has 0 bridgehead atoms. The Morgan fingerprint density at radius 2 is 1.78 bits per heavy atom. The molecular formula is C19H14F5N2O. The molecule has 0 amide bonds. The van der Waals surface area contributed by atoms with Gasteiger partial charge < -0.3 is 4.74 Å². The highest BCUT2D eigenvalue weighted by Crippen LogP contribution is 2.27. The predicted octanol–water partition coefficient (Wildman–Crippen LogP) is 5.09. The fourth-order valence-corrected chi connectivity index (χ4v) is 2.44. The van der Waals surface area contributed by atoms with Crippen molar-refractivity contribution in [3.05, 3.63) is 71.9 Å². The fraction of sp³-hybridized carbons (Fsp3) is 0.211. The number of benzene rings is 2. The molecule has 0 fully saturated rings. The standard InChI is InChI=1S/C19H14F5N2O/c1-12(19(22,23)24)27-11-13-8-14(10-16(21)9-13)18-6-7-25-26(18)17-4-2-15(20)3-5-17/h2-6,8-10,12H,11H2,1H3/t12-/m1/s1. The Kier molecular flexibility index (Phi) is 5.27. The van der Waals surface area contributed by atoms with E-state index in [1.165, 1.54) is 47.1 Å². The molecule has 3 nitrogen and oxygen atoms in total. The summed E-state index contributed by atoms with van der Waals surface area (Å²) < 4.78 is 71.0. The first-order chi connectivity index (χ1) is 12.7. The van der Waals surface area contributed by atoms with E-state index in [2.05, 4.69) is 11.3 Å². The van der Waals surface area contributed by atoms with Gasteiger partial charge in [-0.05, 0) is 61.0 Å². The predicted molar refractivity (Wildman–Crippen MR) is 88.1 cm³/mol. The molecule has 1 heterocycles. The highest BCUT2D eigenvalue weighted by molar-refractivity contribution is 5.62. The van der Waals surface area contributed by atoms with E-state index < -0.39 is 30.5 Å². The zero-order valence-electron chi connectivity index (χ0n) is 14.1. The van der Waals surface area contributed by atoms with Crippen molar-refractivity contribution in [2.45, 2.75) is 25.8 Å². The van der Waals surface area contributed by atoms with Gasteiger partial charge in [0.05, 0.1) is 18.0 Å². The Balaban J connectivity index is 1.89. The molecule has 8 heteroatoms. The molecule has 0 saturated carbocycles. The van der Waals surface area contributed by atoms with Gasteiger partial charge >= 0.3 is 6.18 Å². The van der Waals surface area contributed by atoms with Gasteiger partial charge in [0.15, 0.2) is 6.10 Å². The molecule has 1 atom stereocenters. The van der Waals surface area contributed by atoms with Crippen LogP contribution in [0.3, 0.4) is 0 Å². The molecule has 0 aliphatic carbocycles. The smallest absolute Gasteiger partial charge is 0.364 e. The summed E-state index contributed by atoms with van der Waals surface area (Å²) in [6, 6.07) is 10.8. The number of aromatic nitrogens is 2. The minimum atomic E-state index is -4.49. The molecular weight excluding hydrogens is 367 g/mol. The topological polar surface area (TPSA) is 27.1 Å². The van der Waals surface area contributed by atoms with E-state index in [1.807, 2.05) is 0 Å². The molecule has 0 N–H and O–H groups in total. The lowest BCUT2D eigenvalue weighted by molar-refractivity contribution is -0.217. The van der Waals surface area contributed by atoms with Crippen LogP contribution in [-0.4, -0.2) is 22.1 Å². The van der Waals surface area contributed by atoms with Crippen LogP contribution >= 0.6 is 0 Å². The van der Waals surface area contributed by atoms with Gasteiger partial charge in [-0.3, -0.25) is 0 Å². The van der Waals surface area contributed by atoms with Gasteiger partial charge in [-0.25, -0.2) is 13.5 Å². The van der Waals surface area contributed by atoms with Crippen LogP contribution in [0.25, 0.3) is 16.9 Å². The van der Waals surface area contributed by atoms with E-state index in [-0.39, 0.29) is 5.56 Å². The van der Waals surface area contributed by atoms with Gasteiger partial charge in [0.25, 0.3) is 0 Å². The number of halogens is 5. The maximum atomic E-state index is 14.0. The second-order valence-electron chi connectivity index (χ2n) is 5.89. The highest BCUT2D eigenvalue weighted by atomic mass is 19.4. The van der Waals surface area contributed by atoms with Crippen molar-refractivity contribution in [1.82, 2.24) is 9.78 Å². The molecule has 141 valence electrons. The first-order valence-corrected chi connectivity index (χ1v) is 7.94. The summed E-state index contributed by atoms with van der Waals surface area (Å²) in [4.78, 5) is 0. The van der Waals surface area contributed by atoms with Crippen LogP contribution in [0.4, 0.5) is 22.0 Å². The number of nitrogens with zero attached hydrogens (tertiary/aromatic N) is 2. The third-order valence-electron chi connectivity index (χ3n) is 3.87. The SMILES string of the molecule is C[C@@H](OCc1cc(F)cc(-c2c[c]nn2-c2ccc(F)cc2)c1)C(F)(F)F. The van der Waals surface area contributed by atoms with Crippen LogP contribution in [-0.2, 0) is 11.3 Å². The molecule has 0 saturated heterocycles. The van der Waals surface area contributed by atoms with Gasteiger partial charge in [-0.15, -0.1) is 0 Å². The van der Waals surface area contributed by atoms with E-state index in [4.69, 9.17) is 4.74 Å². The molecule has 2 aromatic carbocycles. The third kappa shape index (κ3) is 4.51. The number of rotatable bonds is 5. The van der Waals surface area contributed by atoms with Gasteiger partial charge in [0.2, 0.25) is 0 Å².